The number of aromatic nitrogens is 1. The smallest absolute Gasteiger partial charge is 0.299 e. The lowest BCUT2D eigenvalue weighted by atomic mass is 9.81. The number of hydrogen-bond acceptors (Lipinski definition) is 3. The normalized spacial score (nSPS) is 17.3. The molecule has 7 heteroatoms. The summed E-state index contributed by atoms with van der Waals surface area (Å²) >= 11 is 6.21. The molecular weight excluding hydrogens is 471 g/mol. The molecule has 35 heavy (non-hydrogen) atoms. The van der Waals surface area contributed by atoms with Crippen molar-refractivity contribution < 1.29 is 13.2 Å². The van der Waals surface area contributed by atoms with Gasteiger partial charge < -0.3 is 0 Å². The fourth-order valence-electron chi connectivity index (χ4n) is 5.06. The Labute approximate surface area is 209 Å². The summed E-state index contributed by atoms with van der Waals surface area (Å²) in [5.41, 5.74) is 2.37. The number of nitriles is 1. The molecule has 0 spiro atoms. The largest absolute Gasteiger partial charge is 0.416 e. The van der Waals surface area contributed by atoms with E-state index in [9.17, 15) is 13.2 Å². The van der Waals surface area contributed by atoms with E-state index in [0.29, 0.717) is 34.9 Å². The first-order valence-corrected chi connectivity index (χ1v) is 12.2. The first-order valence-electron chi connectivity index (χ1n) is 11.8. The number of rotatable bonds is 8. The van der Waals surface area contributed by atoms with E-state index in [1.54, 1.807) is 30.5 Å². The highest BCUT2D eigenvalue weighted by Crippen LogP contribution is 2.37. The molecule has 1 aliphatic heterocycles. The van der Waals surface area contributed by atoms with Crippen LogP contribution in [0.1, 0.15) is 40.7 Å². The monoisotopic (exact) mass is 497 g/mol. The number of hydrogen-bond donors (Lipinski definition) is 0. The fourth-order valence-corrected chi connectivity index (χ4v) is 5.30. The van der Waals surface area contributed by atoms with Crippen LogP contribution in [0.4, 0.5) is 13.2 Å². The maximum absolute atomic E-state index is 13.7. The van der Waals surface area contributed by atoms with Crippen LogP contribution in [0.3, 0.4) is 0 Å². The molecule has 3 aromatic rings. The average Bonchev–Trinajstić information content (AvgIpc) is 3.30. The topological polar surface area (TPSA) is 39.9 Å². The molecule has 1 aliphatic rings. The molecule has 3 nitrogen and oxygen atoms in total. The number of pyridine rings is 1. The lowest BCUT2D eigenvalue weighted by molar-refractivity contribution is -0.138. The van der Waals surface area contributed by atoms with E-state index in [4.69, 9.17) is 16.9 Å². The third kappa shape index (κ3) is 6.62. The van der Waals surface area contributed by atoms with Crippen molar-refractivity contribution in [3.63, 3.8) is 0 Å². The van der Waals surface area contributed by atoms with E-state index in [1.165, 1.54) is 12.1 Å². The molecule has 4 rings (SSSR count). The first kappa shape index (κ1) is 25.2. The predicted molar refractivity (Wildman–Crippen MR) is 131 cm³/mol. The molecule has 2 atom stereocenters. The minimum atomic E-state index is -4.37. The summed E-state index contributed by atoms with van der Waals surface area (Å²) in [6, 6.07) is 17.3. The molecule has 2 aromatic carbocycles. The second kappa shape index (κ2) is 11.2. The molecule has 182 valence electrons. The van der Waals surface area contributed by atoms with Gasteiger partial charge in [0, 0.05) is 25.5 Å². The Bertz CT molecular complexity index is 1170. The second-order valence-corrected chi connectivity index (χ2v) is 9.64. The zero-order valence-corrected chi connectivity index (χ0v) is 20.1. The lowest BCUT2D eigenvalue weighted by Gasteiger charge is -2.26. The molecule has 0 saturated carbocycles. The Morgan fingerprint density at radius 3 is 2.66 bits per heavy atom. The number of benzene rings is 2. The second-order valence-electron chi connectivity index (χ2n) is 9.23. The molecule has 0 aliphatic carbocycles. The molecule has 1 fully saturated rings. The average molecular weight is 498 g/mol. The third-order valence-corrected chi connectivity index (χ3v) is 7.18. The summed E-state index contributed by atoms with van der Waals surface area (Å²) in [4.78, 5) is 6.55. The Morgan fingerprint density at radius 1 is 1.11 bits per heavy atom. The lowest BCUT2D eigenvalue weighted by Crippen LogP contribution is -2.25. The van der Waals surface area contributed by atoms with Gasteiger partial charge in [-0.15, -0.1) is 0 Å². The van der Waals surface area contributed by atoms with Gasteiger partial charge in [0.15, 0.2) is 0 Å². The van der Waals surface area contributed by atoms with Gasteiger partial charge in [0.2, 0.25) is 0 Å². The summed E-state index contributed by atoms with van der Waals surface area (Å²) in [5, 5.41) is 9.53. The van der Waals surface area contributed by atoms with Crippen molar-refractivity contribution in [3.05, 3.63) is 99.8 Å². The van der Waals surface area contributed by atoms with Crippen LogP contribution >= 0.6 is 11.6 Å². The molecule has 2 heterocycles. The molecule has 0 N–H and O–H groups in total. The summed E-state index contributed by atoms with van der Waals surface area (Å²) in [6.07, 6.45) is 2.02. The zero-order chi connectivity index (χ0) is 24.8. The minimum Gasteiger partial charge on any atom is -0.299 e. The Hall–Kier alpha value is -2.88. The highest BCUT2D eigenvalue weighted by molar-refractivity contribution is 6.31. The molecule has 1 saturated heterocycles. The van der Waals surface area contributed by atoms with Crippen LogP contribution in [-0.4, -0.2) is 23.0 Å². The van der Waals surface area contributed by atoms with Crippen LogP contribution in [0.5, 0.6) is 0 Å². The highest BCUT2D eigenvalue weighted by Gasteiger charge is 2.35. The van der Waals surface area contributed by atoms with Crippen LogP contribution < -0.4 is 0 Å². The van der Waals surface area contributed by atoms with Crippen LogP contribution in [0.2, 0.25) is 5.02 Å². The van der Waals surface area contributed by atoms with Gasteiger partial charge >= 0.3 is 6.18 Å². The van der Waals surface area contributed by atoms with Crippen molar-refractivity contribution in [2.24, 2.45) is 11.8 Å². The number of alkyl halides is 3. The van der Waals surface area contributed by atoms with E-state index in [1.807, 2.05) is 24.4 Å². The van der Waals surface area contributed by atoms with Crippen molar-refractivity contribution in [2.45, 2.75) is 38.4 Å². The van der Waals surface area contributed by atoms with E-state index in [2.05, 4.69) is 16.0 Å². The maximum Gasteiger partial charge on any atom is 0.416 e. The van der Waals surface area contributed by atoms with E-state index < -0.39 is 11.7 Å². The molecule has 0 radical (unpaired) electrons. The van der Waals surface area contributed by atoms with Crippen molar-refractivity contribution >= 4 is 11.6 Å². The zero-order valence-electron chi connectivity index (χ0n) is 19.3. The summed E-state index contributed by atoms with van der Waals surface area (Å²) in [5.74, 6) is 0.383. The number of halogens is 4. The number of aryl methyl sites for hydroxylation is 1. The standard InChI is InChI=1S/C28H27ClF3N3/c29-27-14-20(8-10-24(27)16-33)7-9-22(15-23-5-1-2-6-26(23)28(30,31)32)25-11-13-35(19-25)18-21-4-3-12-34-17-21/h1-6,8,10,12,14,17,22,25H,7,9,11,13,15,18-19H2/t22?,25-/m0/s1. The summed E-state index contributed by atoms with van der Waals surface area (Å²) in [7, 11) is 0. The molecule has 1 unspecified atom stereocenters. The first-order chi connectivity index (χ1) is 16.8. The van der Waals surface area contributed by atoms with E-state index in [0.717, 1.165) is 43.6 Å². The SMILES string of the molecule is N#Cc1ccc(CCC(Cc2ccccc2C(F)(F)F)[C@H]2CCN(Cc3cccnc3)C2)cc1Cl. The van der Waals surface area contributed by atoms with Crippen molar-refractivity contribution in [1.29, 1.82) is 5.26 Å². The maximum atomic E-state index is 13.7. The van der Waals surface area contributed by atoms with Gasteiger partial charge in [-0.3, -0.25) is 9.88 Å². The van der Waals surface area contributed by atoms with Crippen LogP contribution in [-0.2, 0) is 25.6 Å². The van der Waals surface area contributed by atoms with Gasteiger partial charge in [-0.2, -0.15) is 18.4 Å². The van der Waals surface area contributed by atoms with Gasteiger partial charge in [-0.05, 0) is 85.0 Å². The van der Waals surface area contributed by atoms with Gasteiger partial charge in [0.25, 0.3) is 0 Å². The molecule has 0 amide bonds. The minimum absolute atomic E-state index is 0.0896. The fraction of sp³-hybridized carbons (Fsp3) is 0.357. The van der Waals surface area contributed by atoms with Gasteiger partial charge in [0.05, 0.1) is 16.1 Å². The van der Waals surface area contributed by atoms with Gasteiger partial charge in [-0.1, -0.05) is 41.9 Å². The van der Waals surface area contributed by atoms with Crippen LogP contribution in [0.15, 0.2) is 67.0 Å². The van der Waals surface area contributed by atoms with Gasteiger partial charge in [0.1, 0.15) is 6.07 Å². The summed E-state index contributed by atoms with van der Waals surface area (Å²) in [6.45, 7) is 2.56. The Kier molecular flexibility index (Phi) is 8.10. The Morgan fingerprint density at radius 2 is 1.94 bits per heavy atom. The van der Waals surface area contributed by atoms with E-state index in [-0.39, 0.29) is 5.92 Å². The molecule has 1 aromatic heterocycles. The van der Waals surface area contributed by atoms with Crippen molar-refractivity contribution in [1.82, 2.24) is 9.88 Å². The summed E-state index contributed by atoms with van der Waals surface area (Å²) < 4.78 is 41.1. The quantitative estimate of drug-likeness (QED) is 0.338. The van der Waals surface area contributed by atoms with Crippen molar-refractivity contribution in [2.75, 3.05) is 13.1 Å². The molecule has 0 bridgehead atoms. The van der Waals surface area contributed by atoms with Crippen LogP contribution in [0, 0.1) is 23.2 Å². The predicted octanol–water partition coefficient (Wildman–Crippen LogP) is 6.94. The number of likely N-dealkylation sites (tertiary alicyclic amines) is 1. The number of nitrogens with zero attached hydrogens (tertiary/aromatic N) is 3. The Balaban J connectivity index is 1.52. The third-order valence-electron chi connectivity index (χ3n) is 6.87. The van der Waals surface area contributed by atoms with E-state index >= 15 is 0 Å². The van der Waals surface area contributed by atoms with Gasteiger partial charge in [-0.25, -0.2) is 0 Å². The van der Waals surface area contributed by atoms with Crippen LogP contribution in [0.25, 0.3) is 0 Å². The highest BCUT2D eigenvalue weighted by atomic mass is 35.5. The van der Waals surface area contributed by atoms with Crippen molar-refractivity contribution in [3.8, 4) is 6.07 Å². The molecular formula is C28H27ClF3N3.